The van der Waals surface area contributed by atoms with E-state index in [9.17, 15) is 0 Å². The zero-order valence-corrected chi connectivity index (χ0v) is 26.5. The zero-order valence-electron chi connectivity index (χ0n) is 26.5. The van der Waals surface area contributed by atoms with E-state index in [2.05, 4.69) is 23.6 Å². The van der Waals surface area contributed by atoms with Crippen molar-refractivity contribution in [3.63, 3.8) is 0 Å². The molecule has 2 heterocycles. The van der Waals surface area contributed by atoms with Crippen molar-refractivity contribution in [2.45, 2.75) is 191 Å². The Hall–Kier alpha value is -0.0800. The van der Waals surface area contributed by atoms with E-state index in [1.54, 1.807) is 51.4 Å². The number of hydrogen-bond acceptors (Lipinski definition) is 2. The van der Waals surface area contributed by atoms with Gasteiger partial charge in [0, 0.05) is 36.3 Å². The van der Waals surface area contributed by atoms with Gasteiger partial charge in [-0.05, 0) is 137 Å². The van der Waals surface area contributed by atoms with Crippen molar-refractivity contribution in [1.29, 1.82) is 0 Å². The molecule has 0 aromatic carbocycles. The highest BCUT2D eigenvalue weighted by molar-refractivity contribution is 5.10. The van der Waals surface area contributed by atoms with Gasteiger partial charge in [0.05, 0.1) is 0 Å². The quantitative estimate of drug-likeness (QED) is 0.346. The standard InChI is InChI=1S/C38H64N2/c1-25-9-7-11-29(21-25)39-35-15-5-3-13-31(35)33-19-17-27(23-37(33)39)28-18-20-34-32-14-4-6-16-36(32)40(38(34)24-28)30-12-8-10-26(2)22-30/h25-38H,3-24H2,1-2H3. The van der Waals surface area contributed by atoms with E-state index in [1.165, 1.54) is 89.9 Å². The average Bonchev–Trinajstić information content (AvgIpc) is 3.49. The summed E-state index contributed by atoms with van der Waals surface area (Å²) >= 11 is 0. The predicted octanol–water partition coefficient (Wildman–Crippen LogP) is 9.46. The Kier molecular flexibility index (Phi) is 7.86. The molecule has 2 nitrogen and oxygen atoms in total. The lowest BCUT2D eigenvalue weighted by molar-refractivity contribution is 0.0122. The lowest BCUT2D eigenvalue weighted by atomic mass is 9.63. The van der Waals surface area contributed by atoms with Crippen LogP contribution in [0.25, 0.3) is 0 Å². The van der Waals surface area contributed by atoms with Gasteiger partial charge < -0.3 is 0 Å². The Morgan fingerprint density at radius 2 is 0.775 bits per heavy atom. The molecule has 2 heteroatoms. The zero-order chi connectivity index (χ0) is 26.8. The van der Waals surface area contributed by atoms with Gasteiger partial charge >= 0.3 is 0 Å². The Morgan fingerprint density at radius 1 is 0.350 bits per heavy atom. The number of likely N-dealkylation sites (tertiary alicyclic amines) is 2. The van der Waals surface area contributed by atoms with Gasteiger partial charge in [0.25, 0.3) is 0 Å². The van der Waals surface area contributed by atoms with Crippen LogP contribution in [0.2, 0.25) is 0 Å². The van der Waals surface area contributed by atoms with Gasteiger partial charge in [-0.3, -0.25) is 9.80 Å². The molecule has 14 unspecified atom stereocenters. The monoisotopic (exact) mass is 549 g/mol. The van der Waals surface area contributed by atoms with E-state index >= 15 is 0 Å². The second-order valence-electron chi connectivity index (χ2n) is 17.4. The second-order valence-corrected chi connectivity index (χ2v) is 17.4. The summed E-state index contributed by atoms with van der Waals surface area (Å²) in [6, 6.07) is 5.72. The lowest BCUT2D eigenvalue weighted by Crippen LogP contribution is -2.51. The van der Waals surface area contributed by atoms with Crippen LogP contribution in [0.4, 0.5) is 0 Å². The van der Waals surface area contributed by atoms with Gasteiger partial charge in [-0.2, -0.15) is 0 Å². The molecule has 40 heavy (non-hydrogen) atoms. The molecule has 0 radical (unpaired) electrons. The summed E-state index contributed by atoms with van der Waals surface area (Å²) < 4.78 is 0. The van der Waals surface area contributed by atoms with Gasteiger partial charge in [0.15, 0.2) is 0 Å². The fraction of sp³-hybridized carbons (Fsp3) is 1.00. The maximum atomic E-state index is 3.29. The molecule has 0 aromatic heterocycles. The van der Waals surface area contributed by atoms with Gasteiger partial charge in [-0.1, -0.05) is 65.2 Å². The highest BCUT2D eigenvalue weighted by Gasteiger charge is 2.56. The summed E-state index contributed by atoms with van der Waals surface area (Å²) in [5, 5.41) is 0. The third kappa shape index (κ3) is 4.79. The largest absolute Gasteiger partial charge is 0.294 e. The Bertz CT molecular complexity index is 800. The molecule has 8 rings (SSSR count). The van der Waals surface area contributed by atoms with Crippen LogP contribution in [0.5, 0.6) is 0 Å². The molecule has 6 saturated carbocycles. The van der Waals surface area contributed by atoms with Crippen LogP contribution in [-0.4, -0.2) is 46.1 Å². The molecule has 0 spiro atoms. The normalized spacial score (nSPS) is 53.9. The number of fused-ring (bicyclic) bond motifs is 6. The first-order valence-corrected chi connectivity index (χ1v) is 19.2. The summed E-state index contributed by atoms with van der Waals surface area (Å²) in [4.78, 5) is 6.59. The first-order valence-electron chi connectivity index (χ1n) is 19.2. The van der Waals surface area contributed by atoms with Gasteiger partial charge in [-0.25, -0.2) is 0 Å². The molecule has 0 amide bonds. The summed E-state index contributed by atoms with van der Waals surface area (Å²) in [6.45, 7) is 5.14. The molecule has 0 aromatic rings. The van der Waals surface area contributed by atoms with Crippen molar-refractivity contribution in [3.05, 3.63) is 0 Å². The molecule has 226 valence electrons. The van der Waals surface area contributed by atoms with Gasteiger partial charge in [0.1, 0.15) is 0 Å². The smallest absolute Gasteiger partial charge is 0.0135 e. The highest BCUT2D eigenvalue weighted by Crippen LogP contribution is 2.57. The Balaban J connectivity index is 1.02. The number of rotatable bonds is 3. The fourth-order valence-corrected chi connectivity index (χ4v) is 13.9. The van der Waals surface area contributed by atoms with E-state index < -0.39 is 0 Å². The van der Waals surface area contributed by atoms with Gasteiger partial charge in [-0.15, -0.1) is 0 Å². The third-order valence-electron chi connectivity index (χ3n) is 15.3. The topological polar surface area (TPSA) is 6.48 Å². The second kappa shape index (κ2) is 11.4. The minimum Gasteiger partial charge on any atom is -0.294 e. The van der Waals surface area contributed by atoms with Crippen molar-refractivity contribution in [2.24, 2.45) is 47.3 Å². The summed E-state index contributed by atoms with van der Waals surface area (Å²) in [7, 11) is 0. The Morgan fingerprint density at radius 3 is 1.23 bits per heavy atom. The third-order valence-corrected chi connectivity index (χ3v) is 15.3. The molecule has 0 N–H and O–H groups in total. The minimum absolute atomic E-state index is 0.931. The van der Waals surface area contributed by atoms with Crippen LogP contribution >= 0.6 is 0 Å². The van der Waals surface area contributed by atoms with Crippen molar-refractivity contribution >= 4 is 0 Å². The van der Waals surface area contributed by atoms with E-state index in [-0.39, 0.29) is 0 Å². The van der Waals surface area contributed by atoms with E-state index in [0.29, 0.717) is 0 Å². The summed E-state index contributed by atoms with van der Waals surface area (Å²) in [6.07, 6.45) is 34.0. The van der Waals surface area contributed by atoms with Crippen LogP contribution in [0, 0.1) is 47.3 Å². The summed E-state index contributed by atoms with van der Waals surface area (Å²) in [5.41, 5.74) is 0. The molecule has 14 atom stereocenters. The summed E-state index contributed by atoms with van der Waals surface area (Å²) in [5.74, 6) is 8.27. The molecule has 2 saturated heterocycles. The molecular formula is C38H64N2. The molecular weight excluding hydrogens is 484 g/mol. The first-order chi connectivity index (χ1) is 19.7. The lowest BCUT2D eigenvalue weighted by Gasteiger charge is -2.48. The molecule has 2 aliphatic heterocycles. The predicted molar refractivity (Wildman–Crippen MR) is 167 cm³/mol. The van der Waals surface area contributed by atoms with Crippen molar-refractivity contribution in [2.75, 3.05) is 0 Å². The van der Waals surface area contributed by atoms with Crippen LogP contribution < -0.4 is 0 Å². The number of hydrogen-bond donors (Lipinski definition) is 0. The van der Waals surface area contributed by atoms with E-state index in [0.717, 1.165) is 83.6 Å². The van der Waals surface area contributed by atoms with Crippen molar-refractivity contribution < 1.29 is 0 Å². The van der Waals surface area contributed by atoms with Crippen LogP contribution in [0.15, 0.2) is 0 Å². The fourth-order valence-electron chi connectivity index (χ4n) is 13.9. The number of nitrogens with zero attached hydrogens (tertiary/aromatic N) is 2. The minimum atomic E-state index is 0.931. The van der Waals surface area contributed by atoms with Crippen LogP contribution in [0.3, 0.4) is 0 Å². The molecule has 0 bridgehead atoms. The maximum absolute atomic E-state index is 3.29. The molecule has 6 aliphatic carbocycles. The van der Waals surface area contributed by atoms with Gasteiger partial charge in [0.2, 0.25) is 0 Å². The molecule has 8 fully saturated rings. The highest BCUT2D eigenvalue weighted by atomic mass is 15.3. The average molecular weight is 549 g/mol. The van der Waals surface area contributed by atoms with Crippen LogP contribution in [0.1, 0.15) is 155 Å². The van der Waals surface area contributed by atoms with E-state index in [4.69, 9.17) is 0 Å². The first kappa shape index (κ1) is 27.5. The SMILES string of the molecule is CC1CCCC(N2C3CCCCC3C3CCC(C4CCC5C6CCCCC6N(C6CCCC(C)C6)C5C4)CC32)C1. The molecule has 8 aliphatic rings. The van der Waals surface area contributed by atoms with E-state index in [1.807, 2.05) is 0 Å². The van der Waals surface area contributed by atoms with Crippen molar-refractivity contribution in [3.8, 4) is 0 Å². The Labute approximate surface area is 248 Å². The van der Waals surface area contributed by atoms with Crippen LogP contribution in [-0.2, 0) is 0 Å². The maximum Gasteiger partial charge on any atom is 0.0135 e. The van der Waals surface area contributed by atoms with Crippen molar-refractivity contribution in [1.82, 2.24) is 9.80 Å².